The maximum Gasteiger partial charge on any atom is 0.124 e. The fourth-order valence-corrected chi connectivity index (χ4v) is 2.21. The van der Waals surface area contributed by atoms with Gasteiger partial charge in [0.05, 0.1) is 0 Å². The standard InChI is InChI=1S/C16H18BrNO2/c1-12(18)15-11-13(17)7-8-16(15)20-10-9-19-14-5-3-2-4-6-14/h2-8,11-12H,9-10,18H2,1H3/t12-/m1/s1. The summed E-state index contributed by atoms with van der Waals surface area (Å²) in [5.74, 6) is 1.65. The van der Waals surface area contributed by atoms with Gasteiger partial charge in [-0.1, -0.05) is 34.1 Å². The van der Waals surface area contributed by atoms with Gasteiger partial charge in [-0.2, -0.15) is 0 Å². The van der Waals surface area contributed by atoms with Crippen LogP contribution in [0.3, 0.4) is 0 Å². The molecule has 2 aromatic rings. The molecule has 0 aliphatic heterocycles. The molecule has 0 radical (unpaired) electrons. The summed E-state index contributed by atoms with van der Waals surface area (Å²) in [5.41, 5.74) is 6.93. The molecule has 0 heterocycles. The number of benzene rings is 2. The van der Waals surface area contributed by atoms with E-state index in [1.165, 1.54) is 0 Å². The van der Waals surface area contributed by atoms with Gasteiger partial charge in [0.15, 0.2) is 0 Å². The Bertz CT molecular complexity index is 543. The van der Waals surface area contributed by atoms with E-state index in [9.17, 15) is 0 Å². The first-order valence-corrected chi connectivity index (χ1v) is 7.32. The summed E-state index contributed by atoms with van der Waals surface area (Å²) in [5, 5.41) is 0. The van der Waals surface area contributed by atoms with E-state index < -0.39 is 0 Å². The zero-order valence-corrected chi connectivity index (χ0v) is 13.0. The third kappa shape index (κ3) is 4.25. The van der Waals surface area contributed by atoms with Gasteiger partial charge in [-0.05, 0) is 37.3 Å². The van der Waals surface area contributed by atoms with Crippen molar-refractivity contribution in [2.45, 2.75) is 13.0 Å². The molecule has 0 spiro atoms. The van der Waals surface area contributed by atoms with Crippen molar-refractivity contribution >= 4 is 15.9 Å². The van der Waals surface area contributed by atoms with E-state index in [0.29, 0.717) is 13.2 Å². The van der Waals surface area contributed by atoms with Crippen molar-refractivity contribution in [2.75, 3.05) is 13.2 Å². The van der Waals surface area contributed by atoms with Gasteiger partial charge in [-0.3, -0.25) is 0 Å². The highest BCUT2D eigenvalue weighted by Crippen LogP contribution is 2.27. The highest BCUT2D eigenvalue weighted by atomic mass is 79.9. The van der Waals surface area contributed by atoms with E-state index in [2.05, 4.69) is 15.9 Å². The van der Waals surface area contributed by atoms with Crippen LogP contribution in [0, 0.1) is 0 Å². The summed E-state index contributed by atoms with van der Waals surface area (Å²) in [6.45, 7) is 2.92. The summed E-state index contributed by atoms with van der Waals surface area (Å²) < 4.78 is 12.3. The second-order valence-electron chi connectivity index (χ2n) is 4.48. The van der Waals surface area contributed by atoms with Crippen LogP contribution in [0.5, 0.6) is 11.5 Å². The molecule has 0 bridgehead atoms. The molecule has 0 aromatic heterocycles. The third-order valence-electron chi connectivity index (χ3n) is 2.82. The van der Waals surface area contributed by atoms with Gasteiger partial charge >= 0.3 is 0 Å². The molecule has 0 saturated carbocycles. The van der Waals surface area contributed by atoms with E-state index in [0.717, 1.165) is 21.5 Å². The van der Waals surface area contributed by atoms with Gasteiger partial charge in [0, 0.05) is 16.1 Å². The third-order valence-corrected chi connectivity index (χ3v) is 3.31. The van der Waals surface area contributed by atoms with E-state index in [1.807, 2.05) is 55.5 Å². The van der Waals surface area contributed by atoms with Gasteiger partial charge < -0.3 is 15.2 Å². The van der Waals surface area contributed by atoms with Crippen molar-refractivity contribution in [3.8, 4) is 11.5 Å². The Kier molecular flexibility index (Phi) is 5.44. The Balaban J connectivity index is 1.88. The van der Waals surface area contributed by atoms with E-state index >= 15 is 0 Å². The van der Waals surface area contributed by atoms with Crippen molar-refractivity contribution < 1.29 is 9.47 Å². The van der Waals surface area contributed by atoms with Crippen LogP contribution in [-0.2, 0) is 0 Å². The minimum absolute atomic E-state index is 0.0717. The Morgan fingerprint density at radius 1 is 1.05 bits per heavy atom. The number of halogens is 1. The highest BCUT2D eigenvalue weighted by molar-refractivity contribution is 9.10. The fourth-order valence-electron chi connectivity index (χ4n) is 1.83. The lowest BCUT2D eigenvalue weighted by atomic mass is 10.1. The number of para-hydroxylation sites is 1. The zero-order valence-electron chi connectivity index (χ0n) is 11.4. The first-order chi connectivity index (χ1) is 9.66. The molecule has 106 valence electrons. The largest absolute Gasteiger partial charge is 0.490 e. The first kappa shape index (κ1) is 14.9. The lowest BCUT2D eigenvalue weighted by molar-refractivity contribution is 0.215. The highest BCUT2D eigenvalue weighted by Gasteiger charge is 2.08. The van der Waals surface area contributed by atoms with Crippen molar-refractivity contribution in [1.29, 1.82) is 0 Å². The molecule has 0 aliphatic carbocycles. The minimum atomic E-state index is -0.0717. The number of rotatable bonds is 6. The molecule has 0 saturated heterocycles. The predicted molar refractivity (Wildman–Crippen MR) is 84.2 cm³/mol. The van der Waals surface area contributed by atoms with Crippen molar-refractivity contribution in [1.82, 2.24) is 0 Å². The van der Waals surface area contributed by atoms with Crippen LogP contribution >= 0.6 is 15.9 Å². The fraction of sp³-hybridized carbons (Fsp3) is 0.250. The molecule has 2 N–H and O–H groups in total. The van der Waals surface area contributed by atoms with E-state index in [-0.39, 0.29) is 6.04 Å². The SMILES string of the molecule is C[C@@H](N)c1cc(Br)ccc1OCCOc1ccccc1. The van der Waals surface area contributed by atoms with Gasteiger partial charge in [0.2, 0.25) is 0 Å². The lowest BCUT2D eigenvalue weighted by Crippen LogP contribution is -2.12. The molecule has 0 amide bonds. The topological polar surface area (TPSA) is 44.5 Å². The number of nitrogens with two attached hydrogens (primary N) is 1. The molecule has 3 nitrogen and oxygen atoms in total. The number of hydrogen-bond acceptors (Lipinski definition) is 3. The normalized spacial score (nSPS) is 11.9. The molecule has 0 fully saturated rings. The van der Waals surface area contributed by atoms with Crippen molar-refractivity contribution in [3.05, 3.63) is 58.6 Å². The maximum absolute atomic E-state index is 5.95. The molecule has 2 aromatic carbocycles. The Labute approximate surface area is 127 Å². The second-order valence-corrected chi connectivity index (χ2v) is 5.40. The van der Waals surface area contributed by atoms with Crippen LogP contribution in [-0.4, -0.2) is 13.2 Å². The van der Waals surface area contributed by atoms with Crippen LogP contribution in [0.2, 0.25) is 0 Å². The molecule has 0 aliphatic rings. The summed E-state index contributed by atoms with van der Waals surface area (Å²) in [7, 11) is 0. The van der Waals surface area contributed by atoms with Crippen LogP contribution in [0.15, 0.2) is 53.0 Å². The summed E-state index contributed by atoms with van der Waals surface area (Å²) in [4.78, 5) is 0. The summed E-state index contributed by atoms with van der Waals surface area (Å²) in [6.07, 6.45) is 0. The van der Waals surface area contributed by atoms with Gasteiger partial charge in [-0.25, -0.2) is 0 Å². The monoisotopic (exact) mass is 335 g/mol. The van der Waals surface area contributed by atoms with Gasteiger partial charge in [0.1, 0.15) is 24.7 Å². The van der Waals surface area contributed by atoms with Gasteiger partial charge in [0.25, 0.3) is 0 Å². The predicted octanol–water partition coefficient (Wildman–Crippen LogP) is 3.93. The summed E-state index contributed by atoms with van der Waals surface area (Å²) >= 11 is 3.44. The smallest absolute Gasteiger partial charge is 0.124 e. The molecule has 0 unspecified atom stereocenters. The second kappa shape index (κ2) is 7.31. The van der Waals surface area contributed by atoms with Crippen LogP contribution in [0.4, 0.5) is 0 Å². The van der Waals surface area contributed by atoms with Crippen LogP contribution in [0.25, 0.3) is 0 Å². The first-order valence-electron chi connectivity index (χ1n) is 6.52. The van der Waals surface area contributed by atoms with E-state index in [1.54, 1.807) is 0 Å². The van der Waals surface area contributed by atoms with Crippen molar-refractivity contribution in [3.63, 3.8) is 0 Å². The molecule has 4 heteroatoms. The van der Waals surface area contributed by atoms with Crippen LogP contribution < -0.4 is 15.2 Å². The lowest BCUT2D eigenvalue weighted by Gasteiger charge is -2.14. The van der Waals surface area contributed by atoms with Crippen molar-refractivity contribution in [2.24, 2.45) is 5.73 Å². The Morgan fingerprint density at radius 2 is 1.75 bits per heavy atom. The Hall–Kier alpha value is -1.52. The molecule has 20 heavy (non-hydrogen) atoms. The maximum atomic E-state index is 5.95. The van der Waals surface area contributed by atoms with E-state index in [4.69, 9.17) is 15.2 Å². The zero-order chi connectivity index (χ0) is 14.4. The minimum Gasteiger partial charge on any atom is -0.490 e. The average molecular weight is 336 g/mol. The number of hydrogen-bond donors (Lipinski definition) is 1. The molecular formula is C16H18BrNO2. The summed E-state index contributed by atoms with van der Waals surface area (Å²) in [6, 6.07) is 15.5. The Morgan fingerprint density at radius 3 is 2.45 bits per heavy atom. The average Bonchev–Trinajstić information content (AvgIpc) is 2.45. The quantitative estimate of drug-likeness (QED) is 0.813. The van der Waals surface area contributed by atoms with Gasteiger partial charge in [-0.15, -0.1) is 0 Å². The number of ether oxygens (including phenoxy) is 2. The molecule has 1 atom stereocenters. The molecule has 2 rings (SSSR count). The van der Waals surface area contributed by atoms with Crippen LogP contribution in [0.1, 0.15) is 18.5 Å². The molecular weight excluding hydrogens is 318 g/mol.